The van der Waals surface area contributed by atoms with Crippen LogP contribution in [-0.2, 0) is 9.59 Å². The Kier molecular flexibility index (Phi) is 2.94. The molecule has 2 aromatic carbocycles. The number of para-hydroxylation sites is 1. The summed E-state index contributed by atoms with van der Waals surface area (Å²) in [6.07, 6.45) is 0. The van der Waals surface area contributed by atoms with Gasteiger partial charge in [0.05, 0.1) is 11.4 Å². The molecule has 2 aliphatic rings. The van der Waals surface area contributed by atoms with E-state index in [-0.39, 0.29) is 5.69 Å². The van der Waals surface area contributed by atoms with Crippen molar-refractivity contribution in [1.82, 2.24) is 0 Å². The van der Waals surface area contributed by atoms with E-state index < -0.39 is 29.7 Å². The van der Waals surface area contributed by atoms with E-state index in [4.69, 9.17) is 0 Å². The highest BCUT2D eigenvalue weighted by molar-refractivity contribution is 6.26. The molecule has 0 bridgehead atoms. The summed E-state index contributed by atoms with van der Waals surface area (Å²) in [5, 5.41) is 9.32. The lowest BCUT2D eigenvalue weighted by atomic mass is 10.1. The number of nitrogens with zero attached hydrogens (tertiary/aromatic N) is 4. The van der Waals surface area contributed by atoms with E-state index in [2.05, 4.69) is 10.3 Å². The highest BCUT2D eigenvalue weighted by Crippen LogP contribution is 2.34. The highest BCUT2D eigenvalue weighted by atomic mass is 19.1. The van der Waals surface area contributed by atoms with Gasteiger partial charge in [-0.1, -0.05) is 29.5 Å². The van der Waals surface area contributed by atoms with Crippen LogP contribution < -0.4 is 9.91 Å². The number of rotatable bonds is 2. The number of hydrogen-bond donors (Lipinski definition) is 0. The molecule has 2 atom stereocenters. The first-order valence-corrected chi connectivity index (χ1v) is 7.05. The van der Waals surface area contributed by atoms with Crippen LogP contribution in [0, 0.1) is 5.82 Å². The fourth-order valence-electron chi connectivity index (χ4n) is 2.82. The van der Waals surface area contributed by atoms with Crippen LogP contribution in [0.5, 0.6) is 0 Å². The van der Waals surface area contributed by atoms with Crippen molar-refractivity contribution in [2.24, 2.45) is 10.3 Å². The molecule has 1 fully saturated rings. The second kappa shape index (κ2) is 4.98. The fourth-order valence-corrected chi connectivity index (χ4v) is 2.82. The Morgan fingerprint density at radius 2 is 1.65 bits per heavy atom. The molecule has 0 saturated carbocycles. The van der Waals surface area contributed by atoms with Gasteiger partial charge in [0.1, 0.15) is 5.82 Å². The Bertz CT molecular complexity index is 824. The van der Waals surface area contributed by atoms with Crippen molar-refractivity contribution >= 4 is 23.2 Å². The summed E-state index contributed by atoms with van der Waals surface area (Å²) in [6, 6.07) is 12.7. The van der Waals surface area contributed by atoms with E-state index in [9.17, 15) is 14.0 Å². The van der Waals surface area contributed by atoms with E-state index in [1.54, 1.807) is 12.1 Å². The van der Waals surface area contributed by atoms with Crippen LogP contribution in [0.2, 0.25) is 0 Å². The zero-order chi connectivity index (χ0) is 16.0. The third kappa shape index (κ3) is 2.01. The summed E-state index contributed by atoms with van der Waals surface area (Å²) in [5.74, 6) is -1.46. The first-order chi connectivity index (χ1) is 11.2. The first-order valence-electron chi connectivity index (χ1n) is 7.05. The maximum absolute atomic E-state index is 13.4. The Balaban J connectivity index is 1.72. The van der Waals surface area contributed by atoms with Gasteiger partial charge in [-0.2, -0.15) is 5.11 Å². The average molecular weight is 310 g/mol. The molecular formula is C16H11FN4O2. The van der Waals surface area contributed by atoms with Gasteiger partial charge in [-0.3, -0.25) is 9.59 Å². The number of hydrogen-bond acceptors (Lipinski definition) is 5. The van der Waals surface area contributed by atoms with Crippen molar-refractivity contribution in [2.75, 3.05) is 9.91 Å². The zero-order valence-corrected chi connectivity index (χ0v) is 11.8. The van der Waals surface area contributed by atoms with E-state index in [0.29, 0.717) is 5.69 Å². The van der Waals surface area contributed by atoms with Gasteiger partial charge in [0, 0.05) is 0 Å². The second-order valence-corrected chi connectivity index (χ2v) is 5.27. The molecule has 4 rings (SSSR count). The summed E-state index contributed by atoms with van der Waals surface area (Å²) >= 11 is 0. The van der Waals surface area contributed by atoms with Crippen LogP contribution >= 0.6 is 0 Å². The Hall–Kier alpha value is -3.09. The minimum Gasteiger partial charge on any atom is -0.271 e. The number of benzene rings is 2. The van der Waals surface area contributed by atoms with Crippen LogP contribution in [-0.4, -0.2) is 23.9 Å². The Labute approximate surface area is 130 Å². The molecule has 23 heavy (non-hydrogen) atoms. The molecular weight excluding hydrogens is 299 g/mol. The molecule has 114 valence electrons. The van der Waals surface area contributed by atoms with Crippen LogP contribution in [0.3, 0.4) is 0 Å². The van der Waals surface area contributed by atoms with Crippen molar-refractivity contribution < 1.29 is 14.0 Å². The normalized spacial score (nSPS) is 22.8. The zero-order valence-electron chi connectivity index (χ0n) is 11.8. The van der Waals surface area contributed by atoms with E-state index >= 15 is 0 Å². The average Bonchev–Trinajstić information content (AvgIpc) is 3.09. The molecule has 2 aromatic rings. The molecule has 2 heterocycles. The van der Waals surface area contributed by atoms with Gasteiger partial charge in [-0.15, -0.1) is 0 Å². The quantitative estimate of drug-likeness (QED) is 0.800. The van der Waals surface area contributed by atoms with Gasteiger partial charge >= 0.3 is 0 Å². The van der Waals surface area contributed by atoms with Crippen LogP contribution in [0.4, 0.5) is 15.8 Å². The Morgan fingerprint density at radius 3 is 2.39 bits per heavy atom. The van der Waals surface area contributed by atoms with Crippen molar-refractivity contribution in [1.29, 1.82) is 0 Å². The minimum atomic E-state index is -0.897. The molecule has 0 radical (unpaired) electrons. The molecule has 0 spiro atoms. The van der Waals surface area contributed by atoms with Crippen LogP contribution in [0.1, 0.15) is 0 Å². The summed E-state index contributed by atoms with van der Waals surface area (Å²) < 4.78 is 13.4. The standard InChI is InChI=1S/C16H11FN4O2/c17-10-5-4-8-12(9-10)20-15(22)13-14(16(20)23)21(19-18-13)11-6-2-1-3-7-11/h1-9,13-14H/t13-,14+/m0/s1. The third-order valence-electron chi connectivity index (χ3n) is 3.87. The highest BCUT2D eigenvalue weighted by Gasteiger charge is 2.55. The molecule has 2 aliphatic heterocycles. The van der Waals surface area contributed by atoms with E-state index in [1.807, 2.05) is 18.2 Å². The number of amides is 2. The molecule has 0 N–H and O–H groups in total. The predicted molar refractivity (Wildman–Crippen MR) is 80.2 cm³/mol. The lowest BCUT2D eigenvalue weighted by Crippen LogP contribution is -2.39. The molecule has 6 nitrogen and oxygen atoms in total. The van der Waals surface area contributed by atoms with Gasteiger partial charge < -0.3 is 0 Å². The number of imide groups is 1. The summed E-state index contributed by atoms with van der Waals surface area (Å²) in [7, 11) is 0. The molecule has 1 saturated heterocycles. The van der Waals surface area contributed by atoms with E-state index in [1.165, 1.54) is 23.2 Å². The van der Waals surface area contributed by atoms with Crippen LogP contribution in [0.15, 0.2) is 64.9 Å². The van der Waals surface area contributed by atoms with Crippen molar-refractivity contribution in [3.8, 4) is 0 Å². The first kappa shape index (κ1) is 13.6. The third-order valence-corrected chi connectivity index (χ3v) is 3.87. The number of fused-ring (bicyclic) bond motifs is 1. The summed E-state index contributed by atoms with van der Waals surface area (Å²) in [6.45, 7) is 0. The maximum Gasteiger partial charge on any atom is 0.263 e. The molecule has 0 aliphatic carbocycles. The van der Waals surface area contributed by atoms with Gasteiger partial charge in [-0.05, 0) is 30.3 Å². The van der Waals surface area contributed by atoms with Crippen molar-refractivity contribution in [2.45, 2.75) is 12.1 Å². The summed E-state index contributed by atoms with van der Waals surface area (Å²) in [5.41, 5.74) is 0.878. The molecule has 0 unspecified atom stereocenters. The van der Waals surface area contributed by atoms with Gasteiger partial charge in [0.15, 0.2) is 12.1 Å². The van der Waals surface area contributed by atoms with Gasteiger partial charge in [-0.25, -0.2) is 14.3 Å². The minimum absolute atomic E-state index is 0.206. The monoisotopic (exact) mass is 310 g/mol. The number of carbonyl (C=O) groups excluding carboxylic acids is 2. The number of carbonyl (C=O) groups is 2. The van der Waals surface area contributed by atoms with Gasteiger partial charge in [0.25, 0.3) is 11.8 Å². The smallest absolute Gasteiger partial charge is 0.263 e. The maximum atomic E-state index is 13.4. The van der Waals surface area contributed by atoms with Crippen LogP contribution in [0.25, 0.3) is 0 Å². The number of halogens is 1. The topological polar surface area (TPSA) is 65.3 Å². The number of anilines is 2. The predicted octanol–water partition coefficient (Wildman–Crippen LogP) is 2.32. The van der Waals surface area contributed by atoms with Gasteiger partial charge in [0.2, 0.25) is 0 Å². The fraction of sp³-hybridized carbons (Fsp3) is 0.125. The molecule has 2 amide bonds. The second-order valence-electron chi connectivity index (χ2n) is 5.27. The molecule has 0 aromatic heterocycles. The summed E-state index contributed by atoms with van der Waals surface area (Å²) in [4.78, 5) is 26.2. The Morgan fingerprint density at radius 1 is 0.913 bits per heavy atom. The van der Waals surface area contributed by atoms with E-state index in [0.717, 1.165) is 11.0 Å². The SMILES string of the molecule is O=C1[C@H]2N=NN(c3ccccc3)[C@H]2C(=O)N1c1cccc(F)c1. The lowest BCUT2D eigenvalue weighted by molar-refractivity contribution is -0.121. The van der Waals surface area contributed by atoms with Crippen molar-refractivity contribution in [3.05, 3.63) is 60.4 Å². The largest absolute Gasteiger partial charge is 0.271 e. The van der Waals surface area contributed by atoms with Crippen molar-refractivity contribution in [3.63, 3.8) is 0 Å². The lowest BCUT2D eigenvalue weighted by Gasteiger charge is -2.20. The molecule has 7 heteroatoms.